The molecule has 0 radical (unpaired) electrons. The maximum atomic E-state index is 14.0. The zero-order valence-corrected chi connectivity index (χ0v) is 29.3. The van der Waals surface area contributed by atoms with Gasteiger partial charge in [0.2, 0.25) is 19.9 Å². The van der Waals surface area contributed by atoms with E-state index in [9.17, 15) is 30.7 Å². The van der Waals surface area contributed by atoms with E-state index in [0.717, 1.165) is 28.8 Å². The molecule has 0 aliphatic carbocycles. The van der Waals surface area contributed by atoms with Gasteiger partial charge in [-0.1, -0.05) is 36.4 Å². The van der Waals surface area contributed by atoms with E-state index in [2.05, 4.69) is 5.32 Å². The second kappa shape index (κ2) is 15.6. The minimum absolute atomic E-state index is 0.0370. The first-order chi connectivity index (χ1) is 23.7. The fourth-order valence-electron chi connectivity index (χ4n) is 6.14. The molecule has 3 aromatic rings. The number of benzene rings is 3. The second-order valence-electron chi connectivity index (χ2n) is 12.4. The lowest BCUT2D eigenvalue weighted by atomic mass is 9.88. The molecule has 0 amide bonds. The number of ether oxygens (including phenoxy) is 3. The molecule has 2 atom stereocenters. The van der Waals surface area contributed by atoms with Gasteiger partial charge < -0.3 is 35.5 Å². The van der Waals surface area contributed by atoms with Gasteiger partial charge in [-0.05, 0) is 73.2 Å². The zero-order chi connectivity index (χ0) is 36.2. The minimum atomic E-state index is -5.13. The van der Waals surface area contributed by atoms with Crippen molar-refractivity contribution < 1.29 is 50.0 Å². The summed E-state index contributed by atoms with van der Waals surface area (Å²) >= 11 is 0. The molecule has 5 rings (SSSR count). The minimum Gasteiger partial charge on any atom is -0.492 e. The SMILES string of the molecule is CCOc1ccc(-c2ccc(CN)cc2)cc1S(=O)(=O)N1CCC2(CC1)C[C@@H](NCC(O)COc1cccc(S(=O)(=O)C(F)(F)CO)c1)CO2. The van der Waals surface area contributed by atoms with Crippen LogP contribution in [-0.2, 0) is 31.1 Å². The smallest absolute Gasteiger partial charge is 0.372 e. The molecule has 0 bridgehead atoms. The van der Waals surface area contributed by atoms with Gasteiger partial charge in [0.25, 0.3) is 0 Å². The first-order valence-electron chi connectivity index (χ1n) is 16.3. The lowest BCUT2D eigenvalue weighted by Crippen LogP contribution is -2.47. The Morgan fingerprint density at radius 2 is 1.74 bits per heavy atom. The summed E-state index contributed by atoms with van der Waals surface area (Å²) in [4.78, 5) is -0.610. The highest BCUT2D eigenvalue weighted by Crippen LogP contribution is 2.39. The van der Waals surface area contributed by atoms with Gasteiger partial charge in [0, 0.05) is 32.2 Å². The molecule has 2 aliphatic heterocycles. The van der Waals surface area contributed by atoms with Crippen LogP contribution >= 0.6 is 0 Å². The van der Waals surface area contributed by atoms with Crippen molar-refractivity contribution in [2.24, 2.45) is 5.73 Å². The van der Waals surface area contributed by atoms with Crippen molar-refractivity contribution in [2.75, 3.05) is 46.1 Å². The number of hydrogen-bond acceptors (Lipinski definition) is 11. The maximum absolute atomic E-state index is 14.0. The summed E-state index contributed by atoms with van der Waals surface area (Å²) in [5, 5.41) is 18.2. The number of nitrogens with one attached hydrogen (secondary N) is 1. The number of piperidine rings is 1. The van der Waals surface area contributed by atoms with Crippen molar-refractivity contribution in [3.05, 3.63) is 72.3 Å². The van der Waals surface area contributed by atoms with Gasteiger partial charge in [0.1, 0.15) is 35.7 Å². The van der Waals surface area contributed by atoms with E-state index in [-0.39, 0.29) is 42.9 Å². The van der Waals surface area contributed by atoms with Crippen molar-refractivity contribution in [3.8, 4) is 22.6 Å². The number of nitrogens with zero attached hydrogens (tertiary/aromatic N) is 1. The highest BCUT2D eigenvalue weighted by atomic mass is 32.2. The largest absolute Gasteiger partial charge is 0.492 e. The van der Waals surface area contributed by atoms with Crippen LogP contribution in [0, 0.1) is 0 Å². The third-order valence-corrected chi connectivity index (χ3v) is 12.7. The predicted molar refractivity (Wildman–Crippen MR) is 181 cm³/mol. The van der Waals surface area contributed by atoms with Gasteiger partial charge in [-0.3, -0.25) is 0 Å². The van der Waals surface area contributed by atoms with Gasteiger partial charge in [-0.25, -0.2) is 16.8 Å². The van der Waals surface area contributed by atoms with Gasteiger partial charge >= 0.3 is 5.25 Å². The molecule has 274 valence electrons. The van der Waals surface area contributed by atoms with Crippen molar-refractivity contribution in [3.63, 3.8) is 0 Å². The molecule has 2 saturated heterocycles. The van der Waals surface area contributed by atoms with Gasteiger partial charge in [-0.2, -0.15) is 13.1 Å². The topological polar surface area (TPSA) is 178 Å². The number of hydrogen-bond donors (Lipinski definition) is 4. The highest BCUT2D eigenvalue weighted by molar-refractivity contribution is 7.92. The fourth-order valence-corrected chi connectivity index (χ4v) is 8.78. The first kappa shape index (κ1) is 38.0. The number of rotatable bonds is 15. The Bertz CT molecular complexity index is 1840. The van der Waals surface area contributed by atoms with E-state index in [1.54, 1.807) is 19.1 Å². The Hall–Kier alpha value is -3.22. The Morgan fingerprint density at radius 1 is 1.04 bits per heavy atom. The third-order valence-electron chi connectivity index (χ3n) is 9.00. The van der Waals surface area contributed by atoms with Gasteiger partial charge in [0.05, 0.1) is 23.7 Å². The summed E-state index contributed by atoms with van der Waals surface area (Å²) < 4.78 is 98.5. The number of halogens is 2. The molecular weight excluding hydrogens is 697 g/mol. The fraction of sp³-hybridized carbons (Fsp3) is 0.471. The van der Waals surface area contributed by atoms with Crippen LogP contribution in [0.15, 0.2) is 76.5 Å². The second-order valence-corrected chi connectivity index (χ2v) is 16.4. The summed E-state index contributed by atoms with van der Waals surface area (Å²) in [6, 6.07) is 17.2. The lowest BCUT2D eigenvalue weighted by Gasteiger charge is -2.38. The Balaban J connectivity index is 1.14. The van der Waals surface area contributed by atoms with Crippen LogP contribution in [0.25, 0.3) is 11.1 Å². The third kappa shape index (κ3) is 8.29. The number of aliphatic hydroxyl groups excluding tert-OH is 2. The summed E-state index contributed by atoms with van der Waals surface area (Å²) in [7, 11) is -9.03. The predicted octanol–water partition coefficient (Wildman–Crippen LogP) is 2.91. The van der Waals surface area contributed by atoms with Gasteiger partial charge in [-0.15, -0.1) is 0 Å². The number of sulfonamides is 1. The summed E-state index contributed by atoms with van der Waals surface area (Å²) in [5.74, 6) is 0.255. The summed E-state index contributed by atoms with van der Waals surface area (Å²) in [6.07, 6.45) is 0.543. The van der Waals surface area contributed by atoms with Crippen LogP contribution in [-0.4, -0.2) is 100 Å². The molecule has 1 unspecified atom stereocenters. The van der Waals surface area contributed by atoms with E-state index < -0.39 is 48.3 Å². The number of alkyl halides is 2. The molecule has 2 heterocycles. The number of nitrogens with two attached hydrogens (primary N) is 1. The van der Waals surface area contributed by atoms with E-state index >= 15 is 0 Å². The summed E-state index contributed by atoms with van der Waals surface area (Å²) in [6.45, 7) is 1.39. The van der Waals surface area contributed by atoms with Crippen molar-refractivity contribution >= 4 is 19.9 Å². The van der Waals surface area contributed by atoms with Crippen molar-refractivity contribution in [1.29, 1.82) is 0 Å². The lowest BCUT2D eigenvalue weighted by molar-refractivity contribution is -0.0312. The molecule has 2 fully saturated rings. The maximum Gasteiger partial charge on any atom is 0.372 e. The first-order valence-corrected chi connectivity index (χ1v) is 19.2. The molecule has 0 aromatic heterocycles. The monoisotopic (exact) mass is 739 g/mol. The molecule has 50 heavy (non-hydrogen) atoms. The van der Waals surface area contributed by atoms with Crippen LogP contribution < -0.4 is 20.5 Å². The molecule has 5 N–H and O–H groups in total. The molecule has 0 saturated carbocycles. The van der Waals surface area contributed by atoms with Crippen LogP contribution in [0.2, 0.25) is 0 Å². The van der Waals surface area contributed by atoms with Crippen LogP contribution in [0.3, 0.4) is 0 Å². The standard InChI is InChI=1S/C34H43F2N3O9S2/c1-2-46-31-11-10-26(25-8-6-24(19-37)7-9-25)16-32(31)50(44,45)39-14-12-33(13-15-39)18-27(21-48-33)38-20-28(41)22-47-29-4-3-5-30(17-29)49(42,43)34(35,36)23-40/h3-11,16-17,27-28,38,40-41H,2,12-15,18-23,37H2,1H3/t27-,28?/m1/s1. The quantitative estimate of drug-likeness (QED) is 0.180. The Morgan fingerprint density at radius 3 is 2.40 bits per heavy atom. The summed E-state index contributed by atoms with van der Waals surface area (Å²) in [5.41, 5.74) is 7.78. The molecule has 2 aliphatic rings. The number of sulfone groups is 1. The highest BCUT2D eigenvalue weighted by Gasteiger charge is 2.46. The average molecular weight is 740 g/mol. The van der Waals surface area contributed by atoms with Crippen molar-refractivity contribution in [1.82, 2.24) is 9.62 Å². The average Bonchev–Trinajstić information content (AvgIpc) is 3.52. The van der Waals surface area contributed by atoms with Crippen LogP contribution in [0.5, 0.6) is 11.5 Å². The van der Waals surface area contributed by atoms with Gasteiger partial charge in [0.15, 0.2) is 0 Å². The van der Waals surface area contributed by atoms with Crippen LogP contribution in [0.4, 0.5) is 8.78 Å². The molecule has 16 heteroatoms. The number of aliphatic hydroxyl groups is 2. The molecule has 3 aromatic carbocycles. The molecular formula is C34H43F2N3O9S2. The Kier molecular flexibility index (Phi) is 11.8. The van der Waals surface area contributed by atoms with E-state index in [4.69, 9.17) is 25.1 Å². The normalized spacial score (nSPS) is 19.0. The van der Waals surface area contributed by atoms with Crippen LogP contribution in [0.1, 0.15) is 31.7 Å². The van der Waals surface area contributed by atoms with E-state index in [0.29, 0.717) is 44.8 Å². The Labute approximate surface area is 291 Å². The zero-order valence-electron chi connectivity index (χ0n) is 27.6. The van der Waals surface area contributed by atoms with E-state index in [1.165, 1.54) is 16.4 Å². The molecule has 12 nitrogen and oxygen atoms in total. The molecule has 1 spiro atoms. The van der Waals surface area contributed by atoms with E-state index in [1.807, 2.05) is 30.3 Å². The van der Waals surface area contributed by atoms with Crippen molar-refractivity contribution in [2.45, 2.75) is 65.5 Å².